The van der Waals surface area contributed by atoms with Gasteiger partial charge in [-0.15, -0.1) is 0 Å². The molecule has 2 aliphatic rings. The van der Waals surface area contributed by atoms with Crippen molar-refractivity contribution in [3.05, 3.63) is 70.1 Å². The number of hydrogen-bond acceptors (Lipinski definition) is 3. The maximum atomic E-state index is 12.7. The highest BCUT2D eigenvalue weighted by Crippen LogP contribution is 2.34. The van der Waals surface area contributed by atoms with E-state index in [4.69, 9.17) is 4.74 Å². The standard InChI is InChI=1S/C22H27NO2/c1-5-23(6-2)20-14-21(25-4)17(11-15(20)3)13-18-12-16-9-7-8-10-19(16)22(18)24/h7-10,13-15H,5-6,11-12H2,1-4H3/b18-13+. The summed E-state index contributed by atoms with van der Waals surface area (Å²) in [6, 6.07) is 7.89. The lowest BCUT2D eigenvalue weighted by atomic mass is 9.89. The lowest BCUT2D eigenvalue weighted by Gasteiger charge is -2.32. The summed E-state index contributed by atoms with van der Waals surface area (Å²) in [5, 5.41) is 0. The number of ketones is 1. The van der Waals surface area contributed by atoms with Crippen molar-refractivity contribution in [2.24, 2.45) is 5.92 Å². The summed E-state index contributed by atoms with van der Waals surface area (Å²) >= 11 is 0. The van der Waals surface area contributed by atoms with Crippen LogP contribution in [-0.2, 0) is 11.2 Å². The SMILES string of the molecule is CCN(CC)C1=CC(OC)=C(/C=C2\Cc3ccccc3C2=O)CC1C. The molecule has 0 radical (unpaired) electrons. The van der Waals surface area contributed by atoms with Gasteiger partial charge in [-0.25, -0.2) is 0 Å². The third-order valence-corrected chi connectivity index (χ3v) is 5.26. The molecule has 0 N–H and O–H groups in total. The molecule has 25 heavy (non-hydrogen) atoms. The molecule has 0 amide bonds. The van der Waals surface area contributed by atoms with Crippen LogP contribution in [0.4, 0.5) is 0 Å². The Morgan fingerprint density at radius 1 is 1.24 bits per heavy atom. The maximum Gasteiger partial charge on any atom is 0.189 e. The van der Waals surface area contributed by atoms with E-state index in [1.54, 1.807) is 7.11 Å². The van der Waals surface area contributed by atoms with Gasteiger partial charge in [0.2, 0.25) is 0 Å². The minimum absolute atomic E-state index is 0.157. The molecule has 0 saturated heterocycles. The van der Waals surface area contributed by atoms with Crippen molar-refractivity contribution in [1.82, 2.24) is 4.90 Å². The van der Waals surface area contributed by atoms with Crippen LogP contribution >= 0.6 is 0 Å². The molecule has 3 nitrogen and oxygen atoms in total. The molecule has 0 heterocycles. The average Bonchev–Trinajstić information content (AvgIpc) is 2.94. The van der Waals surface area contributed by atoms with Gasteiger partial charge in [-0.3, -0.25) is 4.79 Å². The Kier molecular flexibility index (Phi) is 5.12. The van der Waals surface area contributed by atoms with E-state index in [-0.39, 0.29) is 5.78 Å². The summed E-state index contributed by atoms with van der Waals surface area (Å²) < 4.78 is 5.66. The second-order valence-corrected chi connectivity index (χ2v) is 6.77. The fourth-order valence-electron chi connectivity index (χ4n) is 3.90. The number of carbonyl (C=O) groups excluding carboxylic acids is 1. The third-order valence-electron chi connectivity index (χ3n) is 5.26. The van der Waals surface area contributed by atoms with Gasteiger partial charge in [-0.05, 0) is 43.6 Å². The molecule has 0 spiro atoms. The van der Waals surface area contributed by atoms with Crippen LogP contribution in [0, 0.1) is 5.92 Å². The van der Waals surface area contributed by atoms with Crippen molar-refractivity contribution < 1.29 is 9.53 Å². The Morgan fingerprint density at radius 3 is 2.60 bits per heavy atom. The Hall–Kier alpha value is -2.29. The summed E-state index contributed by atoms with van der Waals surface area (Å²) in [5.74, 6) is 1.46. The molecule has 2 aliphatic carbocycles. The molecule has 0 fully saturated rings. The van der Waals surface area contributed by atoms with Crippen molar-refractivity contribution in [3.63, 3.8) is 0 Å². The summed E-state index contributed by atoms with van der Waals surface area (Å²) in [5.41, 5.74) is 5.29. The maximum absolute atomic E-state index is 12.7. The van der Waals surface area contributed by atoms with E-state index in [9.17, 15) is 4.79 Å². The zero-order valence-corrected chi connectivity index (χ0v) is 15.6. The zero-order chi connectivity index (χ0) is 18.0. The molecule has 0 saturated carbocycles. The zero-order valence-electron chi connectivity index (χ0n) is 15.6. The molecular weight excluding hydrogens is 310 g/mol. The average molecular weight is 337 g/mol. The van der Waals surface area contributed by atoms with Crippen molar-refractivity contribution in [3.8, 4) is 0 Å². The largest absolute Gasteiger partial charge is 0.496 e. The Balaban J connectivity index is 1.96. The Morgan fingerprint density at radius 2 is 1.96 bits per heavy atom. The van der Waals surface area contributed by atoms with Crippen molar-refractivity contribution in [1.29, 1.82) is 0 Å². The second kappa shape index (κ2) is 7.30. The lowest BCUT2D eigenvalue weighted by Crippen LogP contribution is -2.28. The van der Waals surface area contributed by atoms with Gasteiger partial charge in [0, 0.05) is 42.3 Å². The summed E-state index contributed by atoms with van der Waals surface area (Å²) in [4.78, 5) is 15.0. The fraction of sp³-hybridized carbons (Fsp3) is 0.409. The van der Waals surface area contributed by atoms with E-state index in [0.717, 1.165) is 54.0 Å². The summed E-state index contributed by atoms with van der Waals surface area (Å²) in [6.07, 6.45) is 5.84. The molecule has 3 heteroatoms. The number of benzene rings is 1. The first-order chi connectivity index (χ1) is 12.1. The first-order valence-corrected chi connectivity index (χ1v) is 9.15. The monoisotopic (exact) mass is 337 g/mol. The fourth-order valence-corrected chi connectivity index (χ4v) is 3.90. The van der Waals surface area contributed by atoms with Gasteiger partial charge < -0.3 is 9.64 Å². The number of allylic oxidation sites excluding steroid dienone is 5. The number of rotatable bonds is 5. The van der Waals surface area contributed by atoms with Crippen molar-refractivity contribution in [2.75, 3.05) is 20.2 Å². The van der Waals surface area contributed by atoms with Gasteiger partial charge in [0.15, 0.2) is 5.78 Å². The van der Waals surface area contributed by atoms with E-state index in [1.165, 1.54) is 5.70 Å². The van der Waals surface area contributed by atoms with Crippen molar-refractivity contribution in [2.45, 2.75) is 33.6 Å². The normalized spacial score (nSPS) is 21.4. The molecule has 1 aromatic carbocycles. The molecule has 1 aromatic rings. The summed E-state index contributed by atoms with van der Waals surface area (Å²) in [7, 11) is 1.71. The minimum atomic E-state index is 0.157. The van der Waals surface area contributed by atoms with Crippen LogP contribution in [0.25, 0.3) is 0 Å². The molecule has 1 atom stereocenters. The molecule has 0 aromatic heterocycles. The minimum Gasteiger partial charge on any atom is -0.496 e. The summed E-state index contributed by atoms with van der Waals surface area (Å²) in [6.45, 7) is 8.60. The third kappa shape index (κ3) is 3.28. The molecule has 0 bridgehead atoms. The number of ether oxygens (including phenoxy) is 1. The molecular formula is C22H27NO2. The topological polar surface area (TPSA) is 29.5 Å². The highest BCUT2D eigenvalue weighted by molar-refractivity contribution is 6.13. The van der Waals surface area contributed by atoms with Crippen LogP contribution in [0.2, 0.25) is 0 Å². The number of hydrogen-bond donors (Lipinski definition) is 0. The Labute approximate surface area is 150 Å². The van der Waals surface area contributed by atoms with Crippen LogP contribution in [0.5, 0.6) is 0 Å². The van der Waals surface area contributed by atoms with Crippen molar-refractivity contribution >= 4 is 5.78 Å². The van der Waals surface area contributed by atoms with Crippen LogP contribution in [-0.4, -0.2) is 30.9 Å². The van der Waals surface area contributed by atoms with E-state index in [0.29, 0.717) is 5.92 Å². The number of Topliss-reactive ketones (excluding diaryl/α,β-unsaturated/α-hetero) is 1. The highest BCUT2D eigenvalue weighted by Gasteiger charge is 2.27. The van der Waals surface area contributed by atoms with Crippen LogP contribution in [0.3, 0.4) is 0 Å². The van der Waals surface area contributed by atoms with E-state index >= 15 is 0 Å². The molecule has 3 rings (SSSR count). The van der Waals surface area contributed by atoms with E-state index < -0.39 is 0 Å². The van der Waals surface area contributed by atoms with Crippen LogP contribution < -0.4 is 0 Å². The lowest BCUT2D eigenvalue weighted by molar-refractivity contribution is 0.103. The van der Waals surface area contributed by atoms with Gasteiger partial charge in [0.25, 0.3) is 0 Å². The predicted octanol–water partition coefficient (Wildman–Crippen LogP) is 4.52. The molecule has 0 aliphatic heterocycles. The predicted molar refractivity (Wildman–Crippen MR) is 101 cm³/mol. The van der Waals surface area contributed by atoms with Gasteiger partial charge in [-0.2, -0.15) is 0 Å². The van der Waals surface area contributed by atoms with Gasteiger partial charge in [0.05, 0.1) is 7.11 Å². The van der Waals surface area contributed by atoms with Gasteiger partial charge in [0.1, 0.15) is 5.76 Å². The van der Waals surface area contributed by atoms with E-state index in [1.807, 2.05) is 24.3 Å². The highest BCUT2D eigenvalue weighted by atomic mass is 16.5. The first-order valence-electron chi connectivity index (χ1n) is 9.15. The second-order valence-electron chi connectivity index (χ2n) is 6.77. The van der Waals surface area contributed by atoms with Gasteiger partial charge in [-0.1, -0.05) is 31.2 Å². The number of methoxy groups -OCH3 is 1. The van der Waals surface area contributed by atoms with Crippen LogP contribution in [0.15, 0.2) is 59.0 Å². The Bertz CT molecular complexity index is 766. The molecule has 132 valence electrons. The van der Waals surface area contributed by atoms with Gasteiger partial charge >= 0.3 is 0 Å². The number of fused-ring (bicyclic) bond motifs is 1. The first kappa shape index (κ1) is 17.5. The number of carbonyl (C=O) groups is 1. The van der Waals surface area contributed by atoms with Crippen LogP contribution in [0.1, 0.15) is 43.1 Å². The smallest absolute Gasteiger partial charge is 0.189 e. The van der Waals surface area contributed by atoms with E-state index in [2.05, 4.69) is 37.8 Å². The quantitative estimate of drug-likeness (QED) is 0.740. The number of nitrogens with zero attached hydrogens (tertiary/aromatic N) is 1. The molecule has 1 unspecified atom stereocenters.